The van der Waals surface area contributed by atoms with Gasteiger partial charge in [0.05, 0.1) is 10.9 Å². The molecule has 0 bridgehead atoms. The van der Waals surface area contributed by atoms with Gasteiger partial charge in [-0.1, -0.05) is 18.2 Å². The standard InChI is InChI=1S/C25H18F5N5O2/c26-23(27)37-18-6-3-14(4-7-18)20-21-16(11-32-24(34-21)33-13-25(28,29)30)12-35(22(20)36)17-5-8-19-15(10-17)2-1-9-31-19/h1-12,22-23,36H,13H2,(H,33,34). The summed E-state index contributed by atoms with van der Waals surface area (Å²) in [6, 6.07) is 14.5. The first kappa shape index (κ1) is 24.4. The summed E-state index contributed by atoms with van der Waals surface area (Å²) in [5.74, 6) is -0.373. The number of rotatable bonds is 6. The summed E-state index contributed by atoms with van der Waals surface area (Å²) in [5, 5.41) is 15.0. The number of aliphatic hydroxyl groups is 1. The molecule has 3 heterocycles. The van der Waals surface area contributed by atoms with Crippen LogP contribution in [0.2, 0.25) is 0 Å². The zero-order chi connectivity index (χ0) is 26.2. The van der Waals surface area contributed by atoms with Gasteiger partial charge in [-0.05, 0) is 42.0 Å². The van der Waals surface area contributed by atoms with Gasteiger partial charge in [0.15, 0.2) is 6.23 Å². The number of benzene rings is 2. The van der Waals surface area contributed by atoms with E-state index in [0.29, 0.717) is 16.5 Å². The van der Waals surface area contributed by atoms with Crippen LogP contribution in [0.1, 0.15) is 5.56 Å². The Bertz CT molecular complexity index is 1560. The molecule has 2 N–H and O–H groups in total. The van der Waals surface area contributed by atoms with Crippen LogP contribution in [0.25, 0.3) is 22.7 Å². The maximum atomic E-state index is 12.7. The fourth-order valence-electron chi connectivity index (χ4n) is 3.99. The van der Waals surface area contributed by atoms with Crippen LogP contribution in [-0.2, 0) is 0 Å². The number of pyridine rings is 1. The zero-order valence-corrected chi connectivity index (χ0v) is 18.8. The monoisotopic (exact) mass is 515 g/mol. The van der Waals surface area contributed by atoms with Gasteiger partial charge in [0.1, 0.15) is 12.3 Å². The summed E-state index contributed by atoms with van der Waals surface area (Å²) < 4.78 is 67.7. The summed E-state index contributed by atoms with van der Waals surface area (Å²) in [6.07, 6.45) is -1.22. The maximum Gasteiger partial charge on any atom is 0.405 e. The van der Waals surface area contributed by atoms with Crippen molar-refractivity contribution < 1.29 is 31.8 Å². The minimum absolute atomic E-state index is 0.0921. The highest BCUT2D eigenvalue weighted by Gasteiger charge is 2.28. The van der Waals surface area contributed by atoms with E-state index in [0.717, 1.165) is 10.9 Å². The molecule has 12 heteroatoms. The number of anilines is 2. The average Bonchev–Trinajstić information content (AvgIpc) is 2.87. The molecular weight excluding hydrogens is 497 g/mol. The van der Waals surface area contributed by atoms with Gasteiger partial charge in [-0.25, -0.2) is 9.97 Å². The van der Waals surface area contributed by atoms with E-state index in [4.69, 9.17) is 0 Å². The van der Waals surface area contributed by atoms with Gasteiger partial charge in [0.25, 0.3) is 0 Å². The van der Waals surface area contributed by atoms with Crippen LogP contribution in [0.4, 0.5) is 33.6 Å². The van der Waals surface area contributed by atoms with Crippen LogP contribution < -0.4 is 25.5 Å². The van der Waals surface area contributed by atoms with Gasteiger partial charge in [0, 0.05) is 40.5 Å². The largest absolute Gasteiger partial charge is 0.435 e. The van der Waals surface area contributed by atoms with Crippen molar-refractivity contribution >= 4 is 34.3 Å². The molecular formula is C25H18F5N5O2. The molecule has 0 spiro atoms. The second kappa shape index (κ2) is 9.62. The van der Waals surface area contributed by atoms with E-state index in [-0.39, 0.29) is 22.6 Å². The number of nitrogens with zero attached hydrogens (tertiary/aromatic N) is 4. The summed E-state index contributed by atoms with van der Waals surface area (Å²) in [5.41, 5.74) is 2.00. The Morgan fingerprint density at radius 2 is 1.84 bits per heavy atom. The Hall–Kier alpha value is -4.32. The predicted molar refractivity (Wildman–Crippen MR) is 126 cm³/mol. The molecule has 1 aliphatic rings. The smallest absolute Gasteiger partial charge is 0.405 e. The topological polar surface area (TPSA) is 83.4 Å². The van der Waals surface area contributed by atoms with Gasteiger partial charge in [-0.15, -0.1) is 0 Å². The molecule has 0 saturated heterocycles. The van der Waals surface area contributed by atoms with Gasteiger partial charge >= 0.3 is 12.8 Å². The van der Waals surface area contributed by atoms with Gasteiger partial charge in [0.2, 0.25) is 5.95 Å². The first-order valence-electron chi connectivity index (χ1n) is 10.9. The molecule has 0 amide bonds. The van der Waals surface area contributed by atoms with Crippen LogP contribution in [0.15, 0.2) is 67.0 Å². The van der Waals surface area contributed by atoms with Gasteiger partial charge < -0.3 is 20.1 Å². The molecule has 7 nitrogen and oxygen atoms in total. The van der Waals surface area contributed by atoms with Crippen molar-refractivity contribution in [2.45, 2.75) is 19.0 Å². The van der Waals surface area contributed by atoms with Crippen molar-refractivity contribution in [3.05, 3.63) is 83.1 Å². The van der Waals surface area contributed by atoms with Crippen molar-refractivity contribution in [1.29, 1.82) is 0 Å². The summed E-state index contributed by atoms with van der Waals surface area (Å²) in [6.45, 7) is -4.35. The second-order valence-corrected chi connectivity index (χ2v) is 8.07. The van der Waals surface area contributed by atoms with E-state index >= 15 is 0 Å². The van der Waals surface area contributed by atoms with E-state index in [9.17, 15) is 27.1 Å². The van der Waals surface area contributed by atoms with Gasteiger partial charge in [-0.3, -0.25) is 4.98 Å². The summed E-state index contributed by atoms with van der Waals surface area (Å²) in [7, 11) is 0. The van der Waals surface area contributed by atoms with Crippen LogP contribution in [-0.4, -0.2) is 45.6 Å². The number of aliphatic hydroxyl groups excluding tert-OH is 1. The van der Waals surface area contributed by atoms with E-state index in [2.05, 4.69) is 25.0 Å². The molecule has 1 aliphatic heterocycles. The highest BCUT2D eigenvalue weighted by molar-refractivity contribution is 5.85. The molecule has 1 unspecified atom stereocenters. The third-order valence-corrected chi connectivity index (χ3v) is 5.59. The molecule has 0 radical (unpaired) electrons. The lowest BCUT2D eigenvalue weighted by Gasteiger charge is -2.31. The van der Waals surface area contributed by atoms with Crippen LogP contribution in [0.3, 0.4) is 0 Å². The average molecular weight is 515 g/mol. The number of hydrogen-bond donors (Lipinski definition) is 2. The van der Waals surface area contributed by atoms with E-state index < -0.39 is 25.6 Å². The third kappa shape index (κ3) is 5.28. The third-order valence-electron chi connectivity index (χ3n) is 5.59. The molecule has 0 aliphatic carbocycles. The number of ether oxygens (including phenoxy) is 1. The van der Waals surface area contributed by atoms with E-state index in [1.54, 1.807) is 35.5 Å². The highest BCUT2D eigenvalue weighted by Crippen LogP contribution is 2.29. The molecule has 37 heavy (non-hydrogen) atoms. The number of fused-ring (bicyclic) bond motifs is 2. The van der Waals surface area contributed by atoms with E-state index in [1.165, 1.54) is 30.5 Å². The Morgan fingerprint density at radius 3 is 2.57 bits per heavy atom. The Labute approximate surface area is 206 Å². The molecule has 0 fully saturated rings. The number of nitrogens with one attached hydrogen (secondary N) is 1. The lowest BCUT2D eigenvalue weighted by atomic mass is 9.99. The fourth-order valence-corrected chi connectivity index (χ4v) is 3.99. The van der Waals surface area contributed by atoms with Crippen LogP contribution >= 0.6 is 0 Å². The van der Waals surface area contributed by atoms with Crippen molar-refractivity contribution in [3.63, 3.8) is 0 Å². The second-order valence-electron chi connectivity index (χ2n) is 8.07. The highest BCUT2D eigenvalue weighted by atomic mass is 19.4. The quantitative estimate of drug-likeness (QED) is 0.381. The molecule has 2 aromatic carbocycles. The number of aromatic nitrogens is 3. The summed E-state index contributed by atoms with van der Waals surface area (Å²) >= 11 is 0. The number of hydrogen-bond acceptors (Lipinski definition) is 7. The van der Waals surface area contributed by atoms with Gasteiger partial charge in [-0.2, -0.15) is 22.0 Å². The molecule has 190 valence electrons. The van der Waals surface area contributed by atoms with Crippen molar-refractivity contribution in [1.82, 2.24) is 15.0 Å². The Balaban J connectivity index is 1.63. The van der Waals surface area contributed by atoms with Crippen LogP contribution in [0, 0.1) is 0 Å². The maximum absolute atomic E-state index is 12.7. The predicted octanol–water partition coefficient (Wildman–Crippen LogP) is 3.38. The molecule has 1 atom stereocenters. The molecule has 0 saturated carbocycles. The SMILES string of the molecule is OC1C(c2ccc(OC(F)F)cc2)=c2nc(NCC(F)(F)F)ncc2=CN1c1ccc2ncccc2c1. The lowest BCUT2D eigenvalue weighted by Crippen LogP contribution is -2.47. The van der Waals surface area contributed by atoms with E-state index in [1.807, 2.05) is 12.1 Å². The Morgan fingerprint density at radius 1 is 1.05 bits per heavy atom. The minimum atomic E-state index is -4.49. The normalized spacial score (nSPS) is 15.5. The van der Waals surface area contributed by atoms with Crippen molar-refractivity contribution in [2.75, 3.05) is 16.8 Å². The first-order valence-corrected chi connectivity index (χ1v) is 10.9. The minimum Gasteiger partial charge on any atom is -0.435 e. The molecule has 2 aromatic heterocycles. The van der Waals surface area contributed by atoms with Crippen molar-refractivity contribution in [3.8, 4) is 5.75 Å². The van der Waals surface area contributed by atoms with Crippen molar-refractivity contribution in [2.24, 2.45) is 0 Å². The molecule has 4 aromatic rings. The fraction of sp³-hybridized carbons (Fsp3) is 0.160. The lowest BCUT2D eigenvalue weighted by molar-refractivity contribution is -0.115. The Kier molecular flexibility index (Phi) is 6.34. The number of alkyl halides is 5. The van der Waals surface area contributed by atoms with Crippen LogP contribution in [0.5, 0.6) is 5.75 Å². The summed E-state index contributed by atoms with van der Waals surface area (Å²) in [4.78, 5) is 14.1. The number of halogens is 5. The first-order chi connectivity index (χ1) is 17.7. The molecule has 5 rings (SSSR count). The zero-order valence-electron chi connectivity index (χ0n) is 18.8.